The topological polar surface area (TPSA) is 87.1 Å². The molecule has 2 aromatic heterocycles. The van der Waals surface area contributed by atoms with Crippen molar-refractivity contribution in [3.05, 3.63) is 10.8 Å². The summed E-state index contributed by atoms with van der Waals surface area (Å²) in [6.07, 6.45) is 0. The summed E-state index contributed by atoms with van der Waals surface area (Å²) in [5.41, 5.74) is 0. The zero-order chi connectivity index (χ0) is 9.80. The molecular formula is C4H2N4O3PS2+. The van der Waals surface area contributed by atoms with Crippen LogP contribution in [0.25, 0.3) is 0 Å². The van der Waals surface area contributed by atoms with E-state index in [1.807, 2.05) is 0 Å². The highest BCUT2D eigenvalue weighted by Gasteiger charge is 2.26. The van der Waals surface area contributed by atoms with E-state index >= 15 is 0 Å². The molecule has 0 fully saturated rings. The van der Waals surface area contributed by atoms with Gasteiger partial charge in [0.05, 0.1) is 10.8 Å². The molecule has 0 aliphatic rings. The van der Waals surface area contributed by atoms with Crippen LogP contribution in [0.5, 0.6) is 11.8 Å². The van der Waals surface area contributed by atoms with Gasteiger partial charge in [-0.2, -0.15) is 9.05 Å². The molecule has 10 heteroatoms. The first-order valence-electron chi connectivity index (χ1n) is 3.22. The highest BCUT2D eigenvalue weighted by atomic mass is 32.1. The summed E-state index contributed by atoms with van der Waals surface area (Å²) in [5.74, 6) is 0.332. The number of hydrogen-bond donors (Lipinski definition) is 0. The van der Waals surface area contributed by atoms with Gasteiger partial charge in [0.1, 0.15) is 0 Å². The zero-order valence-electron chi connectivity index (χ0n) is 6.43. The molecule has 0 N–H and O–H groups in total. The maximum atomic E-state index is 11.2. The van der Waals surface area contributed by atoms with E-state index in [0.29, 0.717) is 0 Å². The largest absolute Gasteiger partial charge is 0.808 e. The van der Waals surface area contributed by atoms with Crippen LogP contribution in [-0.4, -0.2) is 19.2 Å². The molecule has 0 spiro atoms. The summed E-state index contributed by atoms with van der Waals surface area (Å²) < 4.78 is 27.8. The van der Waals surface area contributed by atoms with E-state index < -0.39 is 8.25 Å². The van der Waals surface area contributed by atoms with Crippen LogP contribution in [0.3, 0.4) is 0 Å². The first-order chi connectivity index (χ1) is 6.84. The molecule has 2 rings (SSSR count). The average molecular weight is 249 g/mol. The fourth-order valence-electron chi connectivity index (χ4n) is 0.563. The van der Waals surface area contributed by atoms with E-state index in [2.05, 4.69) is 19.2 Å². The Morgan fingerprint density at radius 2 is 1.57 bits per heavy atom. The SMILES string of the molecule is O=[P+](Oc1csnn1)Oc1csnn1. The second-order valence-corrected chi connectivity index (χ2v) is 3.92. The zero-order valence-corrected chi connectivity index (χ0v) is 8.96. The van der Waals surface area contributed by atoms with Crippen molar-refractivity contribution in [2.75, 3.05) is 0 Å². The van der Waals surface area contributed by atoms with Crippen LogP contribution in [0.1, 0.15) is 0 Å². The normalized spacial score (nSPS) is 9.71. The average Bonchev–Trinajstić information content (AvgIpc) is 2.76. The molecule has 0 atom stereocenters. The predicted molar refractivity (Wildman–Crippen MR) is 48.7 cm³/mol. The molecule has 0 aliphatic heterocycles. The molecule has 0 aliphatic carbocycles. The Hall–Kier alpha value is -1.18. The van der Waals surface area contributed by atoms with Crippen LogP contribution in [0.15, 0.2) is 10.8 Å². The van der Waals surface area contributed by atoms with Gasteiger partial charge in [-0.1, -0.05) is 19.2 Å². The second kappa shape index (κ2) is 4.36. The minimum absolute atomic E-state index is 0.166. The van der Waals surface area contributed by atoms with E-state index in [1.54, 1.807) is 0 Å². The molecule has 0 saturated heterocycles. The molecule has 0 unspecified atom stereocenters. The van der Waals surface area contributed by atoms with Crippen molar-refractivity contribution in [3.63, 3.8) is 0 Å². The van der Waals surface area contributed by atoms with Gasteiger partial charge in [-0.15, -0.1) is 0 Å². The van der Waals surface area contributed by atoms with Gasteiger partial charge in [0.25, 0.3) is 0 Å². The third kappa shape index (κ3) is 2.41. The highest BCUT2D eigenvalue weighted by Crippen LogP contribution is 2.28. The summed E-state index contributed by atoms with van der Waals surface area (Å²) in [6, 6.07) is 0. The third-order valence-corrected chi connectivity index (χ3v) is 2.65. The monoisotopic (exact) mass is 249 g/mol. The molecule has 0 radical (unpaired) electrons. The van der Waals surface area contributed by atoms with Gasteiger partial charge in [-0.05, 0) is 23.1 Å². The summed E-state index contributed by atoms with van der Waals surface area (Å²) in [6.45, 7) is 0. The maximum absolute atomic E-state index is 11.2. The van der Waals surface area contributed by atoms with Crippen LogP contribution >= 0.6 is 31.3 Å². The van der Waals surface area contributed by atoms with E-state index in [0.717, 1.165) is 23.1 Å². The predicted octanol–water partition coefficient (Wildman–Crippen LogP) is 1.50. The summed E-state index contributed by atoms with van der Waals surface area (Å²) in [4.78, 5) is 0. The van der Waals surface area contributed by atoms with Crippen LogP contribution in [0.4, 0.5) is 0 Å². The lowest BCUT2D eigenvalue weighted by Gasteiger charge is -1.82. The van der Waals surface area contributed by atoms with Gasteiger partial charge < -0.3 is 0 Å². The molecule has 14 heavy (non-hydrogen) atoms. The van der Waals surface area contributed by atoms with Gasteiger partial charge in [0, 0.05) is 4.57 Å². The minimum atomic E-state index is -2.32. The quantitative estimate of drug-likeness (QED) is 0.758. The van der Waals surface area contributed by atoms with E-state index in [9.17, 15) is 4.57 Å². The Balaban J connectivity index is 1.91. The Morgan fingerprint density at radius 3 is 1.93 bits per heavy atom. The lowest BCUT2D eigenvalue weighted by atomic mass is 10.9. The van der Waals surface area contributed by atoms with E-state index in [-0.39, 0.29) is 11.8 Å². The van der Waals surface area contributed by atoms with E-state index in [1.165, 1.54) is 10.8 Å². The van der Waals surface area contributed by atoms with Crippen molar-refractivity contribution in [2.24, 2.45) is 0 Å². The molecule has 7 nitrogen and oxygen atoms in total. The van der Waals surface area contributed by atoms with Crippen LogP contribution in [0.2, 0.25) is 0 Å². The standard InChI is InChI=1S/C4H2N4O3PS2/c9-12(10-3-1-13-7-5-3)11-4-2-14-8-6-4/h1-2H/q+1. The molecule has 2 aromatic rings. The maximum Gasteiger partial charge on any atom is 0.808 e. The Bertz CT molecular complexity index is 366. The van der Waals surface area contributed by atoms with Gasteiger partial charge >= 0.3 is 20.0 Å². The summed E-state index contributed by atoms with van der Waals surface area (Å²) in [5, 5.41) is 10.1. The van der Waals surface area contributed by atoms with Gasteiger partial charge in [-0.25, -0.2) is 0 Å². The number of aromatic nitrogens is 4. The molecule has 0 aromatic carbocycles. The lowest BCUT2D eigenvalue weighted by molar-refractivity contribution is 0.402. The molecule has 72 valence electrons. The number of hydrogen-bond acceptors (Lipinski definition) is 9. The van der Waals surface area contributed by atoms with Crippen molar-refractivity contribution < 1.29 is 13.6 Å². The van der Waals surface area contributed by atoms with Gasteiger partial charge in [0.15, 0.2) is 0 Å². The second-order valence-electron chi connectivity index (χ2n) is 1.89. The first kappa shape index (κ1) is 9.38. The Morgan fingerprint density at radius 1 is 1.07 bits per heavy atom. The minimum Gasteiger partial charge on any atom is -0.199 e. The van der Waals surface area contributed by atoms with Crippen molar-refractivity contribution in [1.82, 2.24) is 19.2 Å². The highest BCUT2D eigenvalue weighted by molar-refractivity contribution is 7.34. The Labute approximate surface area is 87.0 Å². The number of nitrogens with zero attached hydrogens (tertiary/aromatic N) is 4. The fourth-order valence-corrected chi connectivity index (χ4v) is 1.95. The van der Waals surface area contributed by atoms with Crippen molar-refractivity contribution in [2.45, 2.75) is 0 Å². The molecule has 2 heterocycles. The fraction of sp³-hybridized carbons (Fsp3) is 0. The van der Waals surface area contributed by atoms with Crippen LogP contribution in [-0.2, 0) is 4.57 Å². The van der Waals surface area contributed by atoms with Crippen molar-refractivity contribution >= 4 is 31.3 Å². The van der Waals surface area contributed by atoms with Crippen molar-refractivity contribution in [3.8, 4) is 11.8 Å². The van der Waals surface area contributed by atoms with Crippen molar-refractivity contribution in [1.29, 1.82) is 0 Å². The summed E-state index contributed by atoms with van der Waals surface area (Å²) >= 11 is 2.19. The first-order valence-corrected chi connectivity index (χ1v) is 5.99. The number of rotatable bonds is 4. The lowest BCUT2D eigenvalue weighted by Crippen LogP contribution is -1.89. The molecule has 0 amide bonds. The van der Waals surface area contributed by atoms with Gasteiger partial charge in [0.2, 0.25) is 0 Å². The van der Waals surface area contributed by atoms with E-state index in [4.69, 9.17) is 9.05 Å². The molecule has 0 saturated carbocycles. The third-order valence-electron chi connectivity index (χ3n) is 1.02. The summed E-state index contributed by atoms with van der Waals surface area (Å²) in [7, 11) is -2.32. The van der Waals surface area contributed by atoms with Gasteiger partial charge in [-0.3, -0.25) is 0 Å². The van der Waals surface area contributed by atoms with Crippen LogP contribution < -0.4 is 9.05 Å². The van der Waals surface area contributed by atoms with Crippen LogP contribution in [0, 0.1) is 0 Å². The molecular weight excluding hydrogens is 247 g/mol. The Kier molecular flexibility index (Phi) is 2.92. The molecule has 0 bridgehead atoms. The smallest absolute Gasteiger partial charge is 0.199 e.